The molecule has 0 atom stereocenters. The Kier molecular flexibility index (Phi) is 7.59. The van der Waals surface area contributed by atoms with Gasteiger partial charge in [0.25, 0.3) is 0 Å². The van der Waals surface area contributed by atoms with Gasteiger partial charge < -0.3 is 9.84 Å². The molecule has 0 amide bonds. The summed E-state index contributed by atoms with van der Waals surface area (Å²) in [5.74, 6) is -0.0608. The average Bonchev–Trinajstić information content (AvgIpc) is 2.18. The fraction of sp³-hybridized carbons (Fsp3) is 0.778. The molecule has 0 aromatic heterocycles. The highest BCUT2D eigenvalue weighted by molar-refractivity contribution is 7.89. The minimum Gasteiger partial charge on any atom is -0.395 e. The summed E-state index contributed by atoms with van der Waals surface area (Å²) in [6.07, 6.45) is 1.49. The monoisotopic (exact) mass is 237 g/mol. The van der Waals surface area contributed by atoms with Gasteiger partial charge in [-0.1, -0.05) is 6.08 Å². The standard InChI is InChI=1S/C9H19NO4S/c1-3-5-10(6-7-11)15(12,13)9-8-14-4-2/h3,11H,1,4-9H2,2H3. The number of nitrogens with zero attached hydrogens (tertiary/aromatic N) is 1. The van der Waals surface area contributed by atoms with Gasteiger partial charge in [-0.15, -0.1) is 6.58 Å². The Balaban J connectivity index is 4.28. The first-order valence-electron chi connectivity index (χ1n) is 4.85. The molecule has 0 heterocycles. The van der Waals surface area contributed by atoms with E-state index in [2.05, 4.69) is 6.58 Å². The lowest BCUT2D eigenvalue weighted by molar-refractivity contribution is 0.162. The second-order valence-electron chi connectivity index (χ2n) is 2.88. The van der Waals surface area contributed by atoms with Crippen molar-refractivity contribution < 1.29 is 18.3 Å². The van der Waals surface area contributed by atoms with Gasteiger partial charge in [0.1, 0.15) is 0 Å². The van der Waals surface area contributed by atoms with Crippen LogP contribution >= 0.6 is 0 Å². The van der Waals surface area contributed by atoms with Crippen LogP contribution in [0.1, 0.15) is 6.92 Å². The number of aliphatic hydroxyl groups excluding tert-OH is 1. The van der Waals surface area contributed by atoms with E-state index in [0.29, 0.717) is 6.61 Å². The van der Waals surface area contributed by atoms with Crippen molar-refractivity contribution in [3.8, 4) is 0 Å². The van der Waals surface area contributed by atoms with Crippen LogP contribution in [-0.2, 0) is 14.8 Å². The first-order chi connectivity index (χ1) is 7.08. The van der Waals surface area contributed by atoms with E-state index >= 15 is 0 Å². The van der Waals surface area contributed by atoms with Gasteiger partial charge in [0.2, 0.25) is 10.0 Å². The lowest BCUT2D eigenvalue weighted by atomic mass is 10.6. The lowest BCUT2D eigenvalue weighted by Crippen LogP contribution is -2.36. The number of hydrogen-bond acceptors (Lipinski definition) is 4. The van der Waals surface area contributed by atoms with E-state index in [1.54, 1.807) is 0 Å². The van der Waals surface area contributed by atoms with Crippen molar-refractivity contribution in [3.63, 3.8) is 0 Å². The molecule has 15 heavy (non-hydrogen) atoms. The first kappa shape index (κ1) is 14.6. The summed E-state index contributed by atoms with van der Waals surface area (Å²) in [6, 6.07) is 0. The van der Waals surface area contributed by atoms with Crippen LogP contribution in [0.4, 0.5) is 0 Å². The van der Waals surface area contributed by atoms with E-state index in [1.807, 2.05) is 6.92 Å². The van der Waals surface area contributed by atoms with Crippen LogP contribution in [0, 0.1) is 0 Å². The molecule has 0 aromatic rings. The predicted octanol–water partition coefficient (Wildman–Crippen LogP) is -0.167. The van der Waals surface area contributed by atoms with Crippen molar-refractivity contribution in [2.45, 2.75) is 6.92 Å². The summed E-state index contributed by atoms with van der Waals surface area (Å²) in [4.78, 5) is 0. The molecule has 0 saturated carbocycles. The van der Waals surface area contributed by atoms with Gasteiger partial charge >= 0.3 is 0 Å². The lowest BCUT2D eigenvalue weighted by Gasteiger charge is -2.19. The van der Waals surface area contributed by atoms with Crippen molar-refractivity contribution in [1.82, 2.24) is 4.31 Å². The SMILES string of the molecule is C=CCN(CCO)S(=O)(=O)CCOCC. The topological polar surface area (TPSA) is 66.8 Å². The molecule has 0 radical (unpaired) electrons. The maximum Gasteiger partial charge on any atom is 0.216 e. The average molecular weight is 237 g/mol. The highest BCUT2D eigenvalue weighted by Gasteiger charge is 2.19. The summed E-state index contributed by atoms with van der Waals surface area (Å²) in [6.45, 7) is 6.08. The molecule has 5 nitrogen and oxygen atoms in total. The summed E-state index contributed by atoms with van der Waals surface area (Å²) in [5.41, 5.74) is 0. The Morgan fingerprint density at radius 1 is 1.53 bits per heavy atom. The van der Waals surface area contributed by atoms with Crippen molar-refractivity contribution in [3.05, 3.63) is 12.7 Å². The second kappa shape index (κ2) is 7.81. The van der Waals surface area contributed by atoms with Crippen LogP contribution in [0.2, 0.25) is 0 Å². The molecule has 6 heteroatoms. The highest BCUT2D eigenvalue weighted by atomic mass is 32.2. The molecular weight excluding hydrogens is 218 g/mol. The molecule has 0 unspecified atom stereocenters. The number of sulfonamides is 1. The minimum atomic E-state index is -3.34. The first-order valence-corrected chi connectivity index (χ1v) is 6.46. The third-order valence-electron chi connectivity index (χ3n) is 1.77. The van der Waals surface area contributed by atoms with Crippen molar-refractivity contribution in [2.24, 2.45) is 0 Å². The third kappa shape index (κ3) is 5.88. The zero-order valence-electron chi connectivity index (χ0n) is 9.05. The summed E-state index contributed by atoms with van der Waals surface area (Å²) in [5, 5.41) is 8.73. The molecule has 0 aliphatic heterocycles. The second-order valence-corrected chi connectivity index (χ2v) is 4.97. The highest BCUT2D eigenvalue weighted by Crippen LogP contribution is 2.01. The third-order valence-corrected chi connectivity index (χ3v) is 3.57. The van der Waals surface area contributed by atoms with Crippen LogP contribution in [-0.4, -0.2) is 56.5 Å². The van der Waals surface area contributed by atoms with Gasteiger partial charge in [0.15, 0.2) is 0 Å². The maximum atomic E-state index is 11.7. The van der Waals surface area contributed by atoms with Crippen LogP contribution in [0.15, 0.2) is 12.7 Å². The quantitative estimate of drug-likeness (QED) is 0.447. The van der Waals surface area contributed by atoms with Gasteiger partial charge in [-0.2, -0.15) is 4.31 Å². The number of rotatable bonds is 9. The van der Waals surface area contributed by atoms with Gasteiger partial charge in [-0.3, -0.25) is 0 Å². The van der Waals surface area contributed by atoms with Gasteiger partial charge in [0.05, 0.1) is 19.0 Å². The van der Waals surface area contributed by atoms with E-state index < -0.39 is 10.0 Å². The van der Waals surface area contributed by atoms with Crippen molar-refractivity contribution in [1.29, 1.82) is 0 Å². The fourth-order valence-corrected chi connectivity index (χ4v) is 2.32. The van der Waals surface area contributed by atoms with Crippen LogP contribution in [0.25, 0.3) is 0 Å². The summed E-state index contributed by atoms with van der Waals surface area (Å²) >= 11 is 0. The number of hydrogen-bond donors (Lipinski definition) is 1. The normalized spacial score (nSPS) is 11.9. The van der Waals surface area contributed by atoms with E-state index in [-0.39, 0.29) is 32.1 Å². The zero-order valence-corrected chi connectivity index (χ0v) is 9.87. The minimum absolute atomic E-state index is 0.0608. The molecular formula is C9H19NO4S. The zero-order chi connectivity index (χ0) is 11.7. The predicted molar refractivity (Wildman–Crippen MR) is 59.1 cm³/mol. The van der Waals surface area contributed by atoms with E-state index in [9.17, 15) is 8.42 Å². The van der Waals surface area contributed by atoms with Crippen LogP contribution < -0.4 is 0 Å². The van der Waals surface area contributed by atoms with Crippen molar-refractivity contribution >= 4 is 10.0 Å². The number of ether oxygens (including phenoxy) is 1. The Hall–Kier alpha value is -0.430. The molecule has 0 saturated heterocycles. The van der Waals surface area contributed by atoms with Crippen LogP contribution in [0.5, 0.6) is 0 Å². The van der Waals surface area contributed by atoms with Gasteiger partial charge in [0, 0.05) is 19.7 Å². The Bertz CT molecular complexity index is 263. The summed E-state index contributed by atoms with van der Waals surface area (Å²) < 4.78 is 29.5. The molecule has 0 spiro atoms. The largest absolute Gasteiger partial charge is 0.395 e. The Morgan fingerprint density at radius 2 is 2.20 bits per heavy atom. The maximum absolute atomic E-state index is 11.7. The molecule has 0 rings (SSSR count). The fourth-order valence-electron chi connectivity index (χ4n) is 1.04. The molecule has 90 valence electrons. The van der Waals surface area contributed by atoms with E-state index in [1.165, 1.54) is 10.4 Å². The number of aliphatic hydroxyl groups is 1. The summed E-state index contributed by atoms with van der Waals surface area (Å²) in [7, 11) is -3.34. The van der Waals surface area contributed by atoms with Crippen LogP contribution in [0.3, 0.4) is 0 Å². The van der Waals surface area contributed by atoms with Crippen molar-refractivity contribution in [2.75, 3.05) is 38.7 Å². The van der Waals surface area contributed by atoms with Gasteiger partial charge in [-0.25, -0.2) is 8.42 Å². The smallest absolute Gasteiger partial charge is 0.216 e. The Morgan fingerprint density at radius 3 is 2.67 bits per heavy atom. The molecule has 0 fully saturated rings. The molecule has 0 aliphatic rings. The molecule has 0 aliphatic carbocycles. The van der Waals surface area contributed by atoms with E-state index in [0.717, 1.165) is 0 Å². The van der Waals surface area contributed by atoms with E-state index in [4.69, 9.17) is 9.84 Å². The molecule has 0 aromatic carbocycles. The van der Waals surface area contributed by atoms with Gasteiger partial charge in [-0.05, 0) is 6.92 Å². The Labute approximate surface area is 91.4 Å². The molecule has 0 bridgehead atoms. The molecule has 1 N–H and O–H groups in total.